The smallest absolute Gasteiger partial charge is 0.264 e. The van der Waals surface area contributed by atoms with Gasteiger partial charge in [0.2, 0.25) is 11.8 Å². The number of anilines is 1. The highest BCUT2D eigenvalue weighted by Gasteiger charge is 2.35. The minimum Gasteiger partial charge on any atom is -0.352 e. The highest BCUT2D eigenvalue weighted by atomic mass is 32.2. The average molecular weight is 642 g/mol. The number of benzene rings is 4. The molecule has 0 spiro atoms. The summed E-state index contributed by atoms with van der Waals surface area (Å²) < 4.78 is 42.8. The molecule has 1 aliphatic rings. The van der Waals surface area contributed by atoms with Crippen molar-refractivity contribution >= 4 is 27.5 Å². The maximum absolute atomic E-state index is 14.6. The SMILES string of the molecule is Cc1cccc(CN(C(=O)CN(c2ccccc2)S(=O)(=O)c2ccc(F)cc2)[C@H](Cc2ccccc2)C(=O)NC2CCCCC2)c1. The third kappa shape index (κ3) is 8.40. The number of hydrogen-bond acceptors (Lipinski definition) is 4. The zero-order chi connectivity index (χ0) is 32.5. The Morgan fingerprint density at radius 1 is 0.826 bits per heavy atom. The Kier molecular flexibility index (Phi) is 10.9. The fraction of sp³-hybridized carbons (Fsp3) is 0.297. The Balaban J connectivity index is 1.55. The molecule has 0 unspecified atom stereocenters. The van der Waals surface area contributed by atoms with Crippen LogP contribution in [0.25, 0.3) is 0 Å². The van der Waals surface area contributed by atoms with Gasteiger partial charge >= 0.3 is 0 Å². The van der Waals surface area contributed by atoms with Crippen LogP contribution in [-0.2, 0) is 32.6 Å². The van der Waals surface area contributed by atoms with Gasteiger partial charge in [0.1, 0.15) is 18.4 Å². The van der Waals surface area contributed by atoms with E-state index in [2.05, 4.69) is 5.32 Å². The number of rotatable bonds is 12. The summed E-state index contributed by atoms with van der Waals surface area (Å²) in [7, 11) is -4.29. The first-order valence-electron chi connectivity index (χ1n) is 15.7. The summed E-state index contributed by atoms with van der Waals surface area (Å²) in [6.07, 6.45) is 5.23. The molecule has 46 heavy (non-hydrogen) atoms. The van der Waals surface area contributed by atoms with Crippen molar-refractivity contribution in [1.29, 1.82) is 0 Å². The quantitative estimate of drug-likeness (QED) is 0.194. The highest BCUT2D eigenvalue weighted by Crippen LogP contribution is 2.26. The van der Waals surface area contributed by atoms with Gasteiger partial charge in [-0.05, 0) is 67.3 Å². The van der Waals surface area contributed by atoms with Crippen LogP contribution < -0.4 is 9.62 Å². The van der Waals surface area contributed by atoms with Gasteiger partial charge in [-0.1, -0.05) is 97.6 Å². The maximum atomic E-state index is 14.6. The lowest BCUT2D eigenvalue weighted by molar-refractivity contribution is -0.140. The van der Waals surface area contributed by atoms with E-state index in [0.717, 1.165) is 65.2 Å². The van der Waals surface area contributed by atoms with E-state index in [1.54, 1.807) is 30.3 Å². The van der Waals surface area contributed by atoms with Gasteiger partial charge in [0, 0.05) is 19.0 Å². The van der Waals surface area contributed by atoms with Crippen molar-refractivity contribution in [1.82, 2.24) is 10.2 Å². The van der Waals surface area contributed by atoms with E-state index in [-0.39, 0.29) is 35.5 Å². The molecule has 2 amide bonds. The number of sulfonamides is 1. The third-order valence-electron chi connectivity index (χ3n) is 8.38. The summed E-state index contributed by atoms with van der Waals surface area (Å²) >= 11 is 0. The molecule has 0 saturated heterocycles. The summed E-state index contributed by atoms with van der Waals surface area (Å²) in [5, 5.41) is 3.22. The van der Waals surface area contributed by atoms with Crippen molar-refractivity contribution in [3.63, 3.8) is 0 Å². The van der Waals surface area contributed by atoms with Gasteiger partial charge in [0.25, 0.3) is 10.0 Å². The van der Waals surface area contributed by atoms with Gasteiger partial charge in [-0.2, -0.15) is 0 Å². The summed E-state index contributed by atoms with van der Waals surface area (Å²) in [6.45, 7) is 1.51. The van der Waals surface area contributed by atoms with Gasteiger partial charge < -0.3 is 10.2 Å². The molecule has 0 aromatic heterocycles. The van der Waals surface area contributed by atoms with Crippen LogP contribution in [0.3, 0.4) is 0 Å². The largest absolute Gasteiger partial charge is 0.352 e. The van der Waals surface area contributed by atoms with Crippen LogP contribution >= 0.6 is 0 Å². The first-order valence-corrected chi connectivity index (χ1v) is 17.2. The van der Waals surface area contributed by atoms with Crippen LogP contribution in [0.15, 0.2) is 114 Å². The Labute approximate surface area is 271 Å². The topological polar surface area (TPSA) is 86.8 Å². The molecule has 7 nitrogen and oxygen atoms in total. The number of nitrogens with zero attached hydrogens (tertiary/aromatic N) is 2. The number of carbonyl (C=O) groups is 2. The minimum absolute atomic E-state index is 0.0233. The molecule has 0 heterocycles. The fourth-order valence-corrected chi connectivity index (χ4v) is 7.38. The molecule has 240 valence electrons. The lowest BCUT2D eigenvalue weighted by atomic mass is 9.94. The molecule has 0 aliphatic heterocycles. The second kappa shape index (κ2) is 15.2. The zero-order valence-electron chi connectivity index (χ0n) is 26.0. The number of nitrogens with one attached hydrogen (secondary N) is 1. The van der Waals surface area contributed by atoms with E-state index in [9.17, 15) is 22.4 Å². The van der Waals surface area contributed by atoms with E-state index >= 15 is 0 Å². The highest BCUT2D eigenvalue weighted by molar-refractivity contribution is 7.92. The van der Waals surface area contributed by atoms with Crippen molar-refractivity contribution in [2.24, 2.45) is 0 Å². The van der Waals surface area contributed by atoms with Gasteiger partial charge in [-0.15, -0.1) is 0 Å². The van der Waals surface area contributed by atoms with Crippen LogP contribution in [0, 0.1) is 12.7 Å². The maximum Gasteiger partial charge on any atom is 0.264 e. The fourth-order valence-electron chi connectivity index (χ4n) is 5.96. The van der Waals surface area contributed by atoms with Crippen molar-refractivity contribution < 1.29 is 22.4 Å². The number of hydrogen-bond donors (Lipinski definition) is 1. The first-order chi connectivity index (χ1) is 22.2. The normalized spacial score (nSPS) is 14.3. The van der Waals surface area contributed by atoms with Gasteiger partial charge in [0.05, 0.1) is 10.6 Å². The van der Waals surface area contributed by atoms with Crippen LogP contribution in [0.4, 0.5) is 10.1 Å². The molecule has 4 aromatic rings. The Morgan fingerprint density at radius 2 is 1.46 bits per heavy atom. The average Bonchev–Trinajstić information content (AvgIpc) is 3.06. The molecule has 5 rings (SSSR count). The number of aryl methyl sites for hydroxylation is 1. The van der Waals surface area contributed by atoms with Gasteiger partial charge in [-0.3, -0.25) is 13.9 Å². The predicted octanol–water partition coefficient (Wildman–Crippen LogP) is 6.42. The molecular formula is C37H40FN3O4S. The van der Waals surface area contributed by atoms with Crippen LogP contribution in [0.2, 0.25) is 0 Å². The van der Waals surface area contributed by atoms with Crippen molar-refractivity contribution in [2.45, 2.75) is 69.0 Å². The lowest BCUT2D eigenvalue weighted by Gasteiger charge is -2.35. The summed E-state index contributed by atoms with van der Waals surface area (Å²) in [5.74, 6) is -1.36. The summed E-state index contributed by atoms with van der Waals surface area (Å²) in [4.78, 5) is 30.1. The number of para-hydroxylation sites is 1. The number of carbonyl (C=O) groups excluding carboxylic acids is 2. The minimum atomic E-state index is -4.29. The van der Waals surface area contributed by atoms with Crippen molar-refractivity contribution in [3.05, 3.63) is 132 Å². The zero-order valence-corrected chi connectivity index (χ0v) is 26.8. The Hall–Kier alpha value is -4.50. The van der Waals surface area contributed by atoms with E-state index in [0.29, 0.717) is 0 Å². The molecular weight excluding hydrogens is 601 g/mol. The van der Waals surface area contributed by atoms with Gasteiger partial charge in [-0.25, -0.2) is 12.8 Å². The molecule has 0 radical (unpaired) electrons. The molecule has 9 heteroatoms. The molecule has 4 aromatic carbocycles. The predicted molar refractivity (Wildman–Crippen MR) is 178 cm³/mol. The van der Waals surface area contributed by atoms with Crippen LogP contribution in [0.1, 0.15) is 48.8 Å². The first kappa shape index (κ1) is 32.9. The molecule has 0 bridgehead atoms. The molecule has 1 aliphatic carbocycles. The summed E-state index contributed by atoms with van der Waals surface area (Å²) in [6, 6.07) is 29.2. The molecule has 1 N–H and O–H groups in total. The van der Waals surface area contributed by atoms with E-state index < -0.39 is 34.3 Å². The van der Waals surface area contributed by atoms with Crippen molar-refractivity contribution in [2.75, 3.05) is 10.8 Å². The van der Waals surface area contributed by atoms with E-state index in [4.69, 9.17) is 0 Å². The Bertz CT molecular complexity index is 1710. The van der Waals surface area contributed by atoms with Crippen molar-refractivity contribution in [3.8, 4) is 0 Å². The second-order valence-electron chi connectivity index (χ2n) is 11.9. The molecule has 1 atom stereocenters. The second-order valence-corrected chi connectivity index (χ2v) is 13.7. The third-order valence-corrected chi connectivity index (χ3v) is 10.2. The van der Waals surface area contributed by atoms with Crippen LogP contribution in [0.5, 0.6) is 0 Å². The van der Waals surface area contributed by atoms with E-state index in [1.807, 2.05) is 61.5 Å². The number of halogens is 1. The number of amides is 2. The monoisotopic (exact) mass is 641 g/mol. The van der Waals surface area contributed by atoms with Crippen LogP contribution in [-0.4, -0.2) is 43.8 Å². The molecule has 1 saturated carbocycles. The Morgan fingerprint density at radius 3 is 2.11 bits per heavy atom. The van der Waals surface area contributed by atoms with E-state index in [1.165, 1.54) is 17.0 Å². The molecule has 1 fully saturated rings. The standard InChI is InChI=1S/C37H40FN3O4S/c1-28-12-11-15-30(24-28)26-40(35(25-29-13-5-2-6-14-29)37(43)39-32-16-7-3-8-17-32)36(42)27-41(33-18-9-4-10-19-33)46(44,45)34-22-20-31(38)21-23-34/h2,4-6,9-15,18-24,32,35H,3,7-8,16-17,25-27H2,1H3,(H,39,43)/t35-/m1/s1. The summed E-state index contributed by atoms with van der Waals surface area (Å²) in [5.41, 5.74) is 2.99. The lowest BCUT2D eigenvalue weighted by Crippen LogP contribution is -2.55. The van der Waals surface area contributed by atoms with Gasteiger partial charge in [0.15, 0.2) is 0 Å².